The van der Waals surface area contributed by atoms with Gasteiger partial charge in [0.25, 0.3) is 0 Å². The van der Waals surface area contributed by atoms with Crippen molar-refractivity contribution in [2.24, 2.45) is 5.14 Å². The Bertz CT molecular complexity index is 1290. The SMILES string of the molecule is NS(=O)(=O)c1ccc(CCNC(=O)CCc2nc(-c3ccccc3)c(-c3ccccc3)o2)cc1. The number of nitrogens with two attached hydrogens (primary N) is 1. The Balaban J connectivity index is 1.36. The summed E-state index contributed by atoms with van der Waals surface area (Å²) < 4.78 is 28.7. The van der Waals surface area contributed by atoms with Crippen LogP contribution >= 0.6 is 0 Å². The van der Waals surface area contributed by atoms with Gasteiger partial charge in [0, 0.05) is 30.5 Å². The number of aromatic nitrogens is 1. The number of aryl methyl sites for hydroxylation is 1. The number of sulfonamides is 1. The van der Waals surface area contributed by atoms with Gasteiger partial charge in [0.15, 0.2) is 11.7 Å². The van der Waals surface area contributed by atoms with Crippen molar-refractivity contribution in [1.29, 1.82) is 0 Å². The minimum Gasteiger partial charge on any atom is -0.440 e. The van der Waals surface area contributed by atoms with E-state index in [-0.39, 0.29) is 17.2 Å². The molecule has 4 rings (SSSR count). The lowest BCUT2D eigenvalue weighted by Crippen LogP contribution is -2.25. The second-order valence-corrected chi connectivity index (χ2v) is 9.37. The summed E-state index contributed by atoms with van der Waals surface area (Å²) in [5.41, 5.74) is 3.54. The van der Waals surface area contributed by atoms with Crippen LogP contribution in [0, 0.1) is 0 Å². The van der Waals surface area contributed by atoms with E-state index in [4.69, 9.17) is 9.56 Å². The number of carbonyl (C=O) groups excluding carboxylic acids is 1. The molecule has 0 saturated heterocycles. The molecule has 0 unspecified atom stereocenters. The van der Waals surface area contributed by atoms with Crippen LogP contribution in [0.1, 0.15) is 17.9 Å². The summed E-state index contributed by atoms with van der Waals surface area (Å²) in [6.45, 7) is 0.434. The third kappa shape index (κ3) is 5.98. The molecule has 1 amide bonds. The van der Waals surface area contributed by atoms with E-state index in [0.717, 1.165) is 22.4 Å². The van der Waals surface area contributed by atoms with Gasteiger partial charge in [-0.05, 0) is 24.1 Å². The fraction of sp³-hybridized carbons (Fsp3) is 0.154. The molecule has 3 aromatic carbocycles. The zero-order valence-electron chi connectivity index (χ0n) is 18.5. The predicted octanol–water partition coefficient (Wildman–Crippen LogP) is 3.95. The molecule has 0 saturated carbocycles. The van der Waals surface area contributed by atoms with Gasteiger partial charge in [0.2, 0.25) is 15.9 Å². The molecular formula is C26H25N3O4S. The zero-order valence-corrected chi connectivity index (χ0v) is 19.3. The van der Waals surface area contributed by atoms with Gasteiger partial charge in [-0.15, -0.1) is 0 Å². The molecule has 0 aliphatic heterocycles. The van der Waals surface area contributed by atoms with E-state index in [0.29, 0.717) is 31.0 Å². The van der Waals surface area contributed by atoms with E-state index in [1.54, 1.807) is 12.1 Å². The van der Waals surface area contributed by atoms with E-state index < -0.39 is 10.0 Å². The Morgan fingerprint density at radius 1 is 0.853 bits per heavy atom. The maximum atomic E-state index is 12.3. The first-order valence-corrected chi connectivity index (χ1v) is 12.4. The molecule has 1 heterocycles. The van der Waals surface area contributed by atoms with E-state index >= 15 is 0 Å². The molecule has 0 aliphatic rings. The van der Waals surface area contributed by atoms with Gasteiger partial charge in [-0.2, -0.15) is 0 Å². The van der Waals surface area contributed by atoms with Gasteiger partial charge in [0.1, 0.15) is 5.69 Å². The topological polar surface area (TPSA) is 115 Å². The highest BCUT2D eigenvalue weighted by molar-refractivity contribution is 7.89. The van der Waals surface area contributed by atoms with Crippen LogP contribution in [0.3, 0.4) is 0 Å². The van der Waals surface area contributed by atoms with Crippen LogP contribution < -0.4 is 10.5 Å². The first kappa shape index (κ1) is 23.4. The number of hydrogen-bond acceptors (Lipinski definition) is 5. The Hall–Kier alpha value is -3.75. The van der Waals surface area contributed by atoms with Gasteiger partial charge in [-0.1, -0.05) is 72.8 Å². The zero-order chi connectivity index (χ0) is 24.0. The number of nitrogens with one attached hydrogen (secondary N) is 1. The Labute approximate surface area is 198 Å². The molecule has 0 atom stereocenters. The van der Waals surface area contributed by atoms with Crippen molar-refractivity contribution in [3.63, 3.8) is 0 Å². The number of primary sulfonamides is 1. The number of benzene rings is 3. The van der Waals surface area contributed by atoms with Crippen molar-refractivity contribution < 1.29 is 17.6 Å². The lowest BCUT2D eigenvalue weighted by molar-refractivity contribution is -0.121. The highest BCUT2D eigenvalue weighted by Crippen LogP contribution is 2.32. The quantitative estimate of drug-likeness (QED) is 0.380. The minimum atomic E-state index is -3.71. The van der Waals surface area contributed by atoms with Crippen LogP contribution in [0.4, 0.5) is 0 Å². The van der Waals surface area contributed by atoms with Crippen LogP contribution in [0.5, 0.6) is 0 Å². The molecule has 0 bridgehead atoms. The molecule has 34 heavy (non-hydrogen) atoms. The van der Waals surface area contributed by atoms with Crippen molar-refractivity contribution in [2.75, 3.05) is 6.54 Å². The summed E-state index contributed by atoms with van der Waals surface area (Å²) in [6.07, 6.45) is 1.20. The Morgan fingerprint density at radius 2 is 1.47 bits per heavy atom. The molecule has 0 fully saturated rings. The molecule has 0 aliphatic carbocycles. The fourth-order valence-electron chi connectivity index (χ4n) is 3.55. The van der Waals surface area contributed by atoms with Gasteiger partial charge >= 0.3 is 0 Å². The summed E-state index contributed by atoms with van der Waals surface area (Å²) >= 11 is 0. The molecule has 0 radical (unpaired) electrons. The largest absolute Gasteiger partial charge is 0.440 e. The van der Waals surface area contributed by atoms with E-state index in [9.17, 15) is 13.2 Å². The van der Waals surface area contributed by atoms with Crippen molar-refractivity contribution in [1.82, 2.24) is 10.3 Å². The lowest BCUT2D eigenvalue weighted by atomic mass is 10.1. The normalized spacial score (nSPS) is 11.3. The van der Waals surface area contributed by atoms with Crippen molar-refractivity contribution >= 4 is 15.9 Å². The Morgan fingerprint density at radius 3 is 2.09 bits per heavy atom. The van der Waals surface area contributed by atoms with Gasteiger partial charge in [-0.25, -0.2) is 18.5 Å². The van der Waals surface area contributed by atoms with E-state index in [1.807, 2.05) is 60.7 Å². The second-order valence-electron chi connectivity index (χ2n) is 7.81. The van der Waals surface area contributed by atoms with Crippen LogP contribution in [0.25, 0.3) is 22.6 Å². The number of hydrogen-bond donors (Lipinski definition) is 2. The van der Waals surface area contributed by atoms with Crippen molar-refractivity contribution in [3.05, 3.63) is 96.4 Å². The lowest BCUT2D eigenvalue weighted by Gasteiger charge is -2.05. The molecule has 0 spiro atoms. The van der Waals surface area contributed by atoms with E-state index in [2.05, 4.69) is 10.3 Å². The number of carbonyl (C=O) groups is 1. The monoisotopic (exact) mass is 475 g/mol. The summed E-state index contributed by atoms with van der Waals surface area (Å²) in [4.78, 5) is 17.1. The number of amides is 1. The summed E-state index contributed by atoms with van der Waals surface area (Å²) in [7, 11) is -3.71. The first-order chi connectivity index (χ1) is 16.4. The number of nitrogens with zero attached hydrogens (tertiary/aromatic N) is 1. The summed E-state index contributed by atoms with van der Waals surface area (Å²) in [5, 5.41) is 7.99. The maximum absolute atomic E-state index is 12.3. The van der Waals surface area contributed by atoms with Crippen molar-refractivity contribution in [3.8, 4) is 22.6 Å². The van der Waals surface area contributed by atoms with Gasteiger partial charge in [-0.3, -0.25) is 4.79 Å². The molecule has 4 aromatic rings. The van der Waals surface area contributed by atoms with Crippen molar-refractivity contribution in [2.45, 2.75) is 24.2 Å². The predicted molar refractivity (Wildman–Crippen MR) is 130 cm³/mol. The highest BCUT2D eigenvalue weighted by Gasteiger charge is 2.17. The summed E-state index contributed by atoms with van der Waals surface area (Å²) in [5.74, 6) is 1.08. The third-order valence-electron chi connectivity index (χ3n) is 5.31. The van der Waals surface area contributed by atoms with Crippen LogP contribution in [0.2, 0.25) is 0 Å². The molecular weight excluding hydrogens is 450 g/mol. The summed E-state index contributed by atoms with van der Waals surface area (Å²) in [6, 6.07) is 25.9. The highest BCUT2D eigenvalue weighted by atomic mass is 32.2. The Kier molecular flexibility index (Phi) is 7.20. The average molecular weight is 476 g/mol. The van der Waals surface area contributed by atoms with Gasteiger partial charge in [0.05, 0.1) is 4.90 Å². The number of rotatable bonds is 9. The molecule has 8 heteroatoms. The van der Waals surface area contributed by atoms with Crippen LogP contribution in [-0.2, 0) is 27.7 Å². The van der Waals surface area contributed by atoms with E-state index in [1.165, 1.54) is 12.1 Å². The van der Waals surface area contributed by atoms with Crippen LogP contribution in [-0.4, -0.2) is 25.9 Å². The van der Waals surface area contributed by atoms with Crippen LogP contribution in [0.15, 0.2) is 94.2 Å². The molecule has 7 nitrogen and oxygen atoms in total. The second kappa shape index (κ2) is 10.5. The molecule has 3 N–H and O–H groups in total. The first-order valence-electron chi connectivity index (χ1n) is 10.9. The average Bonchev–Trinajstić information content (AvgIpc) is 3.28. The molecule has 174 valence electrons. The molecule has 1 aromatic heterocycles. The number of oxazole rings is 1. The van der Waals surface area contributed by atoms with Gasteiger partial charge < -0.3 is 9.73 Å². The fourth-order valence-corrected chi connectivity index (χ4v) is 4.06. The smallest absolute Gasteiger partial charge is 0.238 e. The maximum Gasteiger partial charge on any atom is 0.238 e. The minimum absolute atomic E-state index is 0.0657. The third-order valence-corrected chi connectivity index (χ3v) is 6.24. The standard InChI is InChI=1S/C26H25N3O4S/c27-34(31,32)22-13-11-19(12-14-22)17-18-28-23(30)15-16-24-29-25(20-7-3-1-4-8-20)26(33-24)21-9-5-2-6-10-21/h1-14H,15-18H2,(H,28,30)(H2,27,31,32).